The van der Waals surface area contributed by atoms with Gasteiger partial charge in [-0.15, -0.1) is 0 Å². The molecule has 0 spiro atoms. The van der Waals surface area contributed by atoms with Crippen LogP contribution in [0.4, 0.5) is 17.1 Å². The van der Waals surface area contributed by atoms with Crippen LogP contribution in [0.2, 0.25) is 0 Å². The van der Waals surface area contributed by atoms with Gasteiger partial charge in [-0.1, -0.05) is 152 Å². The van der Waals surface area contributed by atoms with E-state index in [0.717, 1.165) is 44.6 Å². The average Bonchev–Trinajstić information content (AvgIpc) is 3.88. The molecule has 3 aromatic heterocycles. The van der Waals surface area contributed by atoms with Gasteiger partial charge in [0.15, 0.2) is 0 Å². The molecule has 0 radical (unpaired) electrons. The number of aromatic nitrogens is 1. The van der Waals surface area contributed by atoms with Crippen LogP contribution in [0.1, 0.15) is 0 Å². The minimum Gasteiger partial charge on any atom is -0.456 e. The van der Waals surface area contributed by atoms with E-state index in [2.05, 4.69) is 228 Å². The third kappa shape index (κ3) is 5.98. The van der Waals surface area contributed by atoms with Crippen molar-refractivity contribution in [1.29, 1.82) is 0 Å². The maximum Gasteiger partial charge on any atom is 0.137 e. The Bertz CT molecular complexity index is 3550. The fraction of sp³-hybridized carbons (Fsp3) is 0. The zero-order chi connectivity index (χ0) is 40.3. The van der Waals surface area contributed by atoms with Crippen molar-refractivity contribution in [2.24, 2.45) is 0 Å². The first kappa shape index (κ1) is 34.9. The summed E-state index contributed by atoms with van der Waals surface area (Å²) in [6.45, 7) is 0. The zero-order valence-electron chi connectivity index (χ0n) is 33.2. The Hall–Kier alpha value is -8.14. The lowest BCUT2D eigenvalue weighted by Crippen LogP contribution is -2.09. The van der Waals surface area contributed by atoms with Crippen molar-refractivity contribution in [1.82, 2.24) is 4.40 Å². The standard InChI is InChI=1S/C58H38N2O/c1-3-11-39(12-4-1)40-18-20-41(21-19-40)42-22-28-47(29-23-42)60(49-32-34-52-51-15-7-8-17-55(51)61-56(52)38-49)48-30-24-43(25-31-48)45-26-33-50-46(37-45)27-35-54-58(50)57(44-13-5-2-6-14-44)53-16-9-10-36-59(53)54/h1-38H. The summed E-state index contributed by atoms with van der Waals surface area (Å²) in [5.74, 6) is 0. The third-order valence-corrected chi connectivity index (χ3v) is 12.2. The highest BCUT2D eigenvalue weighted by Crippen LogP contribution is 2.42. The molecule has 0 aliphatic carbocycles. The van der Waals surface area contributed by atoms with Gasteiger partial charge in [-0.25, -0.2) is 0 Å². The first-order valence-corrected chi connectivity index (χ1v) is 20.8. The third-order valence-electron chi connectivity index (χ3n) is 12.2. The van der Waals surface area contributed by atoms with E-state index in [1.54, 1.807) is 0 Å². The van der Waals surface area contributed by atoms with Gasteiger partial charge in [0, 0.05) is 51.0 Å². The van der Waals surface area contributed by atoms with E-state index < -0.39 is 0 Å². The van der Waals surface area contributed by atoms with Crippen molar-refractivity contribution in [3.63, 3.8) is 0 Å². The van der Waals surface area contributed by atoms with Gasteiger partial charge in [0.1, 0.15) is 11.2 Å². The van der Waals surface area contributed by atoms with Crippen molar-refractivity contribution < 1.29 is 4.42 Å². The molecule has 3 heterocycles. The Balaban J connectivity index is 0.924. The van der Waals surface area contributed by atoms with Crippen molar-refractivity contribution in [2.75, 3.05) is 4.90 Å². The summed E-state index contributed by atoms with van der Waals surface area (Å²) in [5.41, 5.74) is 17.0. The lowest BCUT2D eigenvalue weighted by Gasteiger charge is -2.26. The molecule has 3 nitrogen and oxygen atoms in total. The molecule has 9 aromatic carbocycles. The minimum absolute atomic E-state index is 0.868. The topological polar surface area (TPSA) is 20.8 Å². The number of fused-ring (bicyclic) bond motifs is 8. The van der Waals surface area contributed by atoms with Gasteiger partial charge < -0.3 is 13.7 Å². The molecule has 0 fully saturated rings. The summed E-state index contributed by atoms with van der Waals surface area (Å²) in [5, 5.41) is 5.99. The van der Waals surface area contributed by atoms with Crippen molar-refractivity contribution in [2.45, 2.75) is 0 Å². The van der Waals surface area contributed by atoms with Gasteiger partial charge in [0.05, 0.1) is 11.0 Å². The second-order valence-corrected chi connectivity index (χ2v) is 15.7. The van der Waals surface area contributed by atoms with Crippen LogP contribution in [0.3, 0.4) is 0 Å². The number of nitrogens with zero attached hydrogens (tertiary/aromatic N) is 2. The molecule has 0 saturated heterocycles. The van der Waals surface area contributed by atoms with Gasteiger partial charge in [-0.05, 0) is 116 Å². The molecule has 3 heteroatoms. The lowest BCUT2D eigenvalue weighted by atomic mass is 9.95. The minimum atomic E-state index is 0.868. The Morgan fingerprint density at radius 1 is 0.328 bits per heavy atom. The number of rotatable bonds is 7. The van der Waals surface area contributed by atoms with E-state index >= 15 is 0 Å². The van der Waals surface area contributed by atoms with Crippen molar-refractivity contribution in [3.05, 3.63) is 231 Å². The van der Waals surface area contributed by atoms with Crippen LogP contribution >= 0.6 is 0 Å². The predicted octanol–water partition coefficient (Wildman–Crippen LogP) is 16.3. The molecule has 0 unspecified atom stereocenters. The maximum absolute atomic E-state index is 6.39. The molecule has 0 aliphatic heterocycles. The van der Waals surface area contributed by atoms with Crippen LogP contribution < -0.4 is 4.90 Å². The Kier molecular flexibility index (Phi) is 8.17. The van der Waals surface area contributed by atoms with Crippen molar-refractivity contribution in [3.8, 4) is 44.5 Å². The molecular weight excluding hydrogens is 741 g/mol. The largest absolute Gasteiger partial charge is 0.456 e. The van der Waals surface area contributed by atoms with E-state index in [4.69, 9.17) is 4.42 Å². The van der Waals surface area contributed by atoms with E-state index in [9.17, 15) is 0 Å². The number of para-hydroxylation sites is 1. The second kappa shape index (κ2) is 14.3. The fourth-order valence-electron chi connectivity index (χ4n) is 9.24. The molecule has 12 rings (SSSR count). The number of pyridine rings is 1. The SMILES string of the molecule is c1ccc(-c2ccc(-c3ccc(N(c4ccc(-c5ccc6c(ccc7c6c(-c6ccccc6)c6ccccn67)c5)cc4)c4ccc5c(c4)oc4ccccc45)cc3)cc2)cc1. The molecule has 0 N–H and O–H groups in total. The molecule has 286 valence electrons. The Morgan fingerprint density at radius 3 is 1.56 bits per heavy atom. The highest BCUT2D eigenvalue weighted by molar-refractivity contribution is 6.19. The highest BCUT2D eigenvalue weighted by Gasteiger charge is 2.18. The predicted molar refractivity (Wildman–Crippen MR) is 256 cm³/mol. The number of hydrogen-bond donors (Lipinski definition) is 0. The van der Waals surface area contributed by atoms with Gasteiger partial charge in [0.25, 0.3) is 0 Å². The van der Waals surface area contributed by atoms with Crippen LogP contribution in [0.25, 0.3) is 93.6 Å². The number of furan rings is 1. The summed E-state index contributed by atoms with van der Waals surface area (Å²) in [6, 6.07) is 80.7. The van der Waals surface area contributed by atoms with E-state index in [-0.39, 0.29) is 0 Å². The molecule has 0 atom stereocenters. The van der Waals surface area contributed by atoms with Crippen molar-refractivity contribution >= 4 is 66.2 Å². The summed E-state index contributed by atoms with van der Waals surface area (Å²) in [7, 11) is 0. The summed E-state index contributed by atoms with van der Waals surface area (Å²) < 4.78 is 8.71. The maximum atomic E-state index is 6.39. The monoisotopic (exact) mass is 778 g/mol. The van der Waals surface area contributed by atoms with Gasteiger partial charge in [0.2, 0.25) is 0 Å². The van der Waals surface area contributed by atoms with Gasteiger partial charge in [-0.3, -0.25) is 0 Å². The smallest absolute Gasteiger partial charge is 0.137 e. The van der Waals surface area contributed by atoms with Crippen LogP contribution in [0.5, 0.6) is 0 Å². The molecule has 0 amide bonds. The van der Waals surface area contributed by atoms with Crippen LogP contribution in [0, 0.1) is 0 Å². The van der Waals surface area contributed by atoms with Gasteiger partial charge >= 0.3 is 0 Å². The Labute approximate surface area is 353 Å². The molecule has 61 heavy (non-hydrogen) atoms. The average molecular weight is 779 g/mol. The number of benzene rings is 9. The zero-order valence-corrected chi connectivity index (χ0v) is 33.2. The van der Waals surface area contributed by atoms with E-state index in [1.807, 2.05) is 12.1 Å². The van der Waals surface area contributed by atoms with Crippen LogP contribution in [-0.4, -0.2) is 4.40 Å². The number of hydrogen-bond acceptors (Lipinski definition) is 2. The molecule has 0 saturated carbocycles. The summed E-state index contributed by atoms with van der Waals surface area (Å²) >= 11 is 0. The lowest BCUT2D eigenvalue weighted by molar-refractivity contribution is 0.669. The summed E-state index contributed by atoms with van der Waals surface area (Å²) in [4.78, 5) is 2.32. The second-order valence-electron chi connectivity index (χ2n) is 15.7. The van der Waals surface area contributed by atoms with Crippen LogP contribution in [-0.2, 0) is 0 Å². The highest BCUT2D eigenvalue weighted by atomic mass is 16.3. The van der Waals surface area contributed by atoms with E-state index in [0.29, 0.717) is 0 Å². The molecule has 0 bridgehead atoms. The first-order valence-electron chi connectivity index (χ1n) is 20.8. The quantitative estimate of drug-likeness (QED) is 0.161. The first-order chi connectivity index (χ1) is 30.2. The van der Waals surface area contributed by atoms with Crippen LogP contribution in [0.15, 0.2) is 235 Å². The molecule has 12 aromatic rings. The fourth-order valence-corrected chi connectivity index (χ4v) is 9.24. The normalized spacial score (nSPS) is 11.6. The Morgan fingerprint density at radius 2 is 0.852 bits per heavy atom. The molecular formula is C58H38N2O. The van der Waals surface area contributed by atoms with Gasteiger partial charge in [-0.2, -0.15) is 0 Å². The van der Waals surface area contributed by atoms with E-state index in [1.165, 1.54) is 66.1 Å². The number of anilines is 3. The molecule has 0 aliphatic rings. The summed E-state index contributed by atoms with van der Waals surface area (Å²) in [6.07, 6.45) is 2.17.